The predicted molar refractivity (Wildman–Crippen MR) is 115 cm³/mol. The van der Waals surface area contributed by atoms with Gasteiger partial charge in [-0.05, 0) is 58.3 Å². The number of aromatic amines is 1. The molecular formula is C22H35N5O. The first-order valence-corrected chi connectivity index (χ1v) is 11.0. The lowest BCUT2D eigenvalue weighted by Crippen LogP contribution is -2.49. The van der Waals surface area contributed by atoms with E-state index in [1.54, 1.807) is 0 Å². The van der Waals surface area contributed by atoms with Crippen LogP contribution in [0.15, 0.2) is 29.1 Å². The summed E-state index contributed by atoms with van der Waals surface area (Å²) in [6, 6.07) is 9.04. The molecule has 2 fully saturated rings. The van der Waals surface area contributed by atoms with Crippen molar-refractivity contribution in [1.82, 2.24) is 24.3 Å². The molecule has 0 atom stereocenters. The minimum atomic E-state index is 0.0418. The van der Waals surface area contributed by atoms with Crippen molar-refractivity contribution in [3.63, 3.8) is 0 Å². The fourth-order valence-corrected chi connectivity index (χ4v) is 4.86. The van der Waals surface area contributed by atoms with Crippen LogP contribution in [0.5, 0.6) is 0 Å². The van der Waals surface area contributed by atoms with Crippen molar-refractivity contribution >= 4 is 11.0 Å². The topological polar surface area (TPSA) is 47.5 Å². The van der Waals surface area contributed by atoms with E-state index < -0.39 is 0 Å². The van der Waals surface area contributed by atoms with Crippen LogP contribution >= 0.6 is 0 Å². The van der Waals surface area contributed by atoms with E-state index >= 15 is 0 Å². The highest BCUT2D eigenvalue weighted by Gasteiger charge is 2.24. The Morgan fingerprint density at radius 2 is 1.61 bits per heavy atom. The van der Waals surface area contributed by atoms with Crippen LogP contribution in [0.3, 0.4) is 0 Å². The van der Waals surface area contributed by atoms with Crippen LogP contribution in [0.2, 0.25) is 0 Å². The van der Waals surface area contributed by atoms with Crippen LogP contribution in [-0.2, 0) is 0 Å². The lowest BCUT2D eigenvalue weighted by Gasteiger charge is -2.37. The predicted octanol–water partition coefficient (Wildman–Crippen LogP) is 2.38. The van der Waals surface area contributed by atoms with Gasteiger partial charge in [0.15, 0.2) is 0 Å². The van der Waals surface area contributed by atoms with Crippen molar-refractivity contribution in [2.45, 2.75) is 45.2 Å². The molecule has 28 heavy (non-hydrogen) atoms. The number of nitrogens with one attached hydrogen (secondary N) is 1. The number of hydrogen-bond acceptors (Lipinski definition) is 4. The summed E-state index contributed by atoms with van der Waals surface area (Å²) in [5, 5.41) is 0. The van der Waals surface area contributed by atoms with Gasteiger partial charge in [0.05, 0.1) is 11.0 Å². The lowest BCUT2D eigenvalue weighted by molar-refractivity contribution is 0.102. The molecule has 6 nitrogen and oxygen atoms in total. The summed E-state index contributed by atoms with van der Waals surface area (Å²) in [6.45, 7) is 14.0. The van der Waals surface area contributed by atoms with Gasteiger partial charge < -0.3 is 14.8 Å². The maximum absolute atomic E-state index is 12.4. The van der Waals surface area contributed by atoms with E-state index in [0.717, 1.165) is 37.0 Å². The molecule has 3 heterocycles. The summed E-state index contributed by atoms with van der Waals surface area (Å²) in [5.41, 5.74) is 2.04. The third-order valence-corrected chi connectivity index (χ3v) is 6.63. The number of hydrogen-bond donors (Lipinski definition) is 1. The highest BCUT2D eigenvalue weighted by molar-refractivity contribution is 5.75. The minimum absolute atomic E-state index is 0.0418. The number of aromatic nitrogens is 2. The van der Waals surface area contributed by atoms with E-state index in [0.29, 0.717) is 12.1 Å². The molecule has 2 aliphatic heterocycles. The van der Waals surface area contributed by atoms with Crippen molar-refractivity contribution in [2.24, 2.45) is 0 Å². The van der Waals surface area contributed by atoms with Gasteiger partial charge in [0.1, 0.15) is 0 Å². The van der Waals surface area contributed by atoms with Crippen LogP contribution in [0, 0.1) is 0 Å². The Balaban J connectivity index is 1.22. The Hall–Kier alpha value is -1.63. The normalized spacial score (nSPS) is 21.1. The zero-order valence-electron chi connectivity index (χ0n) is 17.4. The summed E-state index contributed by atoms with van der Waals surface area (Å²) in [4.78, 5) is 23.2. The van der Waals surface area contributed by atoms with Crippen molar-refractivity contribution < 1.29 is 0 Å². The van der Waals surface area contributed by atoms with Crippen molar-refractivity contribution in [1.29, 1.82) is 0 Å². The van der Waals surface area contributed by atoms with Gasteiger partial charge in [0.25, 0.3) is 0 Å². The van der Waals surface area contributed by atoms with Crippen molar-refractivity contribution in [2.75, 3.05) is 52.4 Å². The maximum atomic E-state index is 12.4. The number of piperidine rings is 1. The molecular weight excluding hydrogens is 350 g/mol. The quantitative estimate of drug-likeness (QED) is 0.829. The molecule has 4 rings (SSSR count). The van der Waals surface area contributed by atoms with Crippen LogP contribution < -0.4 is 5.69 Å². The third kappa shape index (κ3) is 4.34. The highest BCUT2D eigenvalue weighted by atomic mass is 16.1. The molecule has 0 amide bonds. The second kappa shape index (κ2) is 8.80. The maximum Gasteiger partial charge on any atom is 0.326 e. The van der Waals surface area contributed by atoms with E-state index in [2.05, 4.69) is 39.6 Å². The second-order valence-corrected chi connectivity index (χ2v) is 8.72. The number of likely N-dealkylation sites (tertiary alicyclic amines) is 1. The number of piperazine rings is 1. The van der Waals surface area contributed by atoms with Gasteiger partial charge in [0, 0.05) is 51.4 Å². The first-order valence-electron chi connectivity index (χ1n) is 11.0. The molecule has 154 valence electrons. The Morgan fingerprint density at radius 1 is 0.964 bits per heavy atom. The molecule has 1 aromatic carbocycles. The molecule has 2 aromatic rings. The third-order valence-electron chi connectivity index (χ3n) is 6.63. The van der Waals surface area contributed by atoms with Gasteiger partial charge in [0.2, 0.25) is 0 Å². The fraction of sp³-hybridized carbons (Fsp3) is 0.682. The zero-order valence-corrected chi connectivity index (χ0v) is 17.4. The van der Waals surface area contributed by atoms with Gasteiger partial charge in [-0.25, -0.2) is 4.79 Å². The van der Waals surface area contributed by atoms with Gasteiger partial charge in [-0.15, -0.1) is 0 Å². The number of H-pyrrole nitrogens is 1. The summed E-state index contributed by atoms with van der Waals surface area (Å²) in [5.74, 6) is 0. The average molecular weight is 386 g/mol. The van der Waals surface area contributed by atoms with E-state index in [1.165, 1.54) is 45.7 Å². The van der Waals surface area contributed by atoms with Gasteiger partial charge in [-0.2, -0.15) is 0 Å². The number of benzene rings is 1. The molecule has 0 bridgehead atoms. The molecule has 0 spiro atoms. The monoisotopic (exact) mass is 385 g/mol. The van der Waals surface area contributed by atoms with Gasteiger partial charge in [-0.1, -0.05) is 12.1 Å². The first-order chi connectivity index (χ1) is 13.6. The largest absolute Gasteiger partial charge is 0.326 e. The van der Waals surface area contributed by atoms with E-state index in [-0.39, 0.29) is 5.69 Å². The van der Waals surface area contributed by atoms with E-state index in [9.17, 15) is 4.79 Å². The molecule has 0 saturated carbocycles. The van der Waals surface area contributed by atoms with Gasteiger partial charge in [-0.3, -0.25) is 9.47 Å². The molecule has 1 aromatic heterocycles. The lowest BCUT2D eigenvalue weighted by atomic mass is 10.0. The number of imidazole rings is 1. The fourth-order valence-electron chi connectivity index (χ4n) is 4.86. The molecule has 2 saturated heterocycles. The van der Waals surface area contributed by atoms with Crippen LogP contribution in [0.1, 0.15) is 39.2 Å². The number of nitrogens with zero attached hydrogens (tertiary/aromatic N) is 4. The van der Waals surface area contributed by atoms with Crippen LogP contribution in [0.25, 0.3) is 11.0 Å². The second-order valence-electron chi connectivity index (χ2n) is 8.72. The summed E-state index contributed by atoms with van der Waals surface area (Å²) < 4.78 is 1.99. The number of para-hydroxylation sites is 2. The summed E-state index contributed by atoms with van der Waals surface area (Å²) in [7, 11) is 0. The minimum Gasteiger partial charge on any atom is -0.306 e. The Morgan fingerprint density at radius 3 is 2.29 bits per heavy atom. The van der Waals surface area contributed by atoms with Crippen molar-refractivity contribution in [3.05, 3.63) is 34.7 Å². The Kier molecular flexibility index (Phi) is 6.19. The average Bonchev–Trinajstić information content (AvgIpc) is 3.05. The molecule has 0 unspecified atom stereocenters. The summed E-state index contributed by atoms with van der Waals surface area (Å²) in [6.07, 6.45) is 3.38. The highest BCUT2D eigenvalue weighted by Crippen LogP contribution is 2.24. The van der Waals surface area contributed by atoms with Crippen LogP contribution in [0.4, 0.5) is 0 Å². The molecule has 0 aliphatic carbocycles. The first kappa shape index (κ1) is 19.7. The van der Waals surface area contributed by atoms with Gasteiger partial charge >= 0.3 is 5.69 Å². The number of rotatable bonds is 6. The molecule has 1 N–H and O–H groups in total. The Bertz CT molecular complexity index is 810. The SMILES string of the molecule is CC(C)N1CCN(CCCN2CCC(n3c(=O)[nH]c4ccccc43)CC2)CC1. The molecule has 2 aliphatic rings. The number of fused-ring (bicyclic) bond motifs is 1. The Labute approximate surface area is 168 Å². The summed E-state index contributed by atoms with van der Waals surface area (Å²) >= 11 is 0. The van der Waals surface area contributed by atoms with Crippen LogP contribution in [-0.4, -0.2) is 82.7 Å². The zero-order chi connectivity index (χ0) is 19.5. The molecule has 6 heteroatoms. The standard InChI is InChI=1S/C22H35N5O/c1-18(2)26-16-14-25(15-17-26)11-5-10-24-12-8-19(9-13-24)27-21-7-4-3-6-20(21)23-22(27)28/h3-4,6-7,18-19H,5,8-17H2,1-2H3,(H,23,28). The smallest absolute Gasteiger partial charge is 0.306 e. The molecule has 0 radical (unpaired) electrons. The van der Waals surface area contributed by atoms with E-state index in [4.69, 9.17) is 0 Å². The van der Waals surface area contributed by atoms with E-state index in [1.807, 2.05) is 22.8 Å². The van der Waals surface area contributed by atoms with Crippen molar-refractivity contribution in [3.8, 4) is 0 Å².